The van der Waals surface area contributed by atoms with E-state index < -0.39 is 23.5 Å². The van der Waals surface area contributed by atoms with Crippen LogP contribution in [0, 0.1) is 11.7 Å². The lowest BCUT2D eigenvalue weighted by Gasteiger charge is -2.17. The van der Waals surface area contributed by atoms with Crippen molar-refractivity contribution in [3.05, 3.63) is 35.1 Å². The van der Waals surface area contributed by atoms with E-state index in [0.29, 0.717) is 18.7 Å². The molecule has 0 saturated carbocycles. The third-order valence-corrected chi connectivity index (χ3v) is 3.37. The second-order valence-electron chi connectivity index (χ2n) is 4.91. The minimum Gasteiger partial charge on any atom is -0.348 e. The van der Waals surface area contributed by atoms with Crippen LogP contribution in [0.3, 0.4) is 0 Å². The maximum atomic E-state index is 13.1. The SMILES string of the molecule is CC1CNCC1NC(=O)c1ccc(F)c(C(F)(F)F)c1. The van der Waals surface area contributed by atoms with Crippen molar-refractivity contribution in [2.45, 2.75) is 19.1 Å². The fourth-order valence-electron chi connectivity index (χ4n) is 2.14. The molecule has 1 saturated heterocycles. The van der Waals surface area contributed by atoms with Gasteiger partial charge in [-0.2, -0.15) is 13.2 Å². The Kier molecular flexibility index (Phi) is 3.99. The Bertz CT molecular complexity index is 516. The molecule has 1 aliphatic heterocycles. The Morgan fingerprint density at radius 3 is 2.60 bits per heavy atom. The summed E-state index contributed by atoms with van der Waals surface area (Å²) >= 11 is 0. The van der Waals surface area contributed by atoms with E-state index in [2.05, 4.69) is 10.6 Å². The van der Waals surface area contributed by atoms with Gasteiger partial charge in [0.1, 0.15) is 5.82 Å². The molecule has 1 aromatic carbocycles. The Balaban J connectivity index is 2.18. The summed E-state index contributed by atoms with van der Waals surface area (Å²) in [6.45, 7) is 3.24. The van der Waals surface area contributed by atoms with Gasteiger partial charge in [-0.3, -0.25) is 4.79 Å². The largest absolute Gasteiger partial charge is 0.419 e. The Hall–Kier alpha value is -1.63. The number of rotatable bonds is 2. The number of hydrogen-bond donors (Lipinski definition) is 2. The van der Waals surface area contributed by atoms with Crippen LogP contribution in [-0.2, 0) is 6.18 Å². The van der Waals surface area contributed by atoms with E-state index in [1.165, 1.54) is 0 Å². The first-order chi connectivity index (χ1) is 9.29. The molecule has 2 N–H and O–H groups in total. The Labute approximate surface area is 113 Å². The molecule has 0 aromatic heterocycles. The lowest BCUT2D eigenvalue weighted by molar-refractivity contribution is -0.140. The van der Waals surface area contributed by atoms with Crippen molar-refractivity contribution in [1.82, 2.24) is 10.6 Å². The Morgan fingerprint density at radius 1 is 1.35 bits per heavy atom. The van der Waals surface area contributed by atoms with Crippen LogP contribution in [0.2, 0.25) is 0 Å². The summed E-state index contributed by atoms with van der Waals surface area (Å²) in [5, 5.41) is 5.72. The molecule has 0 radical (unpaired) electrons. The smallest absolute Gasteiger partial charge is 0.348 e. The molecule has 2 atom stereocenters. The molecule has 0 bridgehead atoms. The molecule has 20 heavy (non-hydrogen) atoms. The number of alkyl halides is 3. The first kappa shape index (κ1) is 14.8. The first-order valence-electron chi connectivity index (χ1n) is 6.17. The van der Waals surface area contributed by atoms with Crippen LogP contribution >= 0.6 is 0 Å². The molecule has 3 nitrogen and oxygen atoms in total. The van der Waals surface area contributed by atoms with Crippen LogP contribution < -0.4 is 10.6 Å². The van der Waals surface area contributed by atoms with Crippen LogP contribution in [0.15, 0.2) is 18.2 Å². The number of hydrogen-bond acceptors (Lipinski definition) is 2. The number of nitrogens with one attached hydrogen (secondary N) is 2. The molecule has 2 unspecified atom stereocenters. The third-order valence-electron chi connectivity index (χ3n) is 3.37. The quantitative estimate of drug-likeness (QED) is 0.820. The molecule has 7 heteroatoms. The van der Waals surface area contributed by atoms with Gasteiger partial charge >= 0.3 is 6.18 Å². The monoisotopic (exact) mass is 290 g/mol. The van der Waals surface area contributed by atoms with E-state index in [1.807, 2.05) is 6.92 Å². The summed E-state index contributed by atoms with van der Waals surface area (Å²) in [6, 6.07) is 2.11. The van der Waals surface area contributed by atoms with Crippen molar-refractivity contribution in [3.8, 4) is 0 Å². The fourth-order valence-corrected chi connectivity index (χ4v) is 2.14. The van der Waals surface area contributed by atoms with Gasteiger partial charge in [0.2, 0.25) is 0 Å². The molecular formula is C13H14F4N2O. The number of carbonyl (C=O) groups excluding carboxylic acids is 1. The predicted molar refractivity (Wildman–Crippen MR) is 64.7 cm³/mol. The normalized spacial score (nSPS) is 22.9. The van der Waals surface area contributed by atoms with Crippen LogP contribution in [0.1, 0.15) is 22.8 Å². The van der Waals surface area contributed by atoms with Gasteiger partial charge in [0.05, 0.1) is 5.56 Å². The summed E-state index contributed by atoms with van der Waals surface area (Å²) in [5.74, 6) is -1.82. The van der Waals surface area contributed by atoms with Gasteiger partial charge in [0, 0.05) is 18.2 Å². The molecule has 0 spiro atoms. The van der Waals surface area contributed by atoms with Crippen molar-refractivity contribution in [2.75, 3.05) is 13.1 Å². The van der Waals surface area contributed by atoms with Crippen LogP contribution in [0.5, 0.6) is 0 Å². The van der Waals surface area contributed by atoms with Gasteiger partial charge in [-0.25, -0.2) is 4.39 Å². The molecule has 1 fully saturated rings. The average Bonchev–Trinajstić information content (AvgIpc) is 2.74. The summed E-state index contributed by atoms with van der Waals surface area (Å²) in [5.41, 5.74) is -1.62. The number of benzene rings is 1. The lowest BCUT2D eigenvalue weighted by atomic mass is 10.0. The van der Waals surface area contributed by atoms with E-state index in [9.17, 15) is 22.4 Å². The van der Waals surface area contributed by atoms with Crippen LogP contribution in [-0.4, -0.2) is 25.0 Å². The highest BCUT2D eigenvalue weighted by Gasteiger charge is 2.35. The standard InChI is InChI=1S/C13H14F4N2O/c1-7-5-18-6-11(7)19-12(20)8-2-3-10(14)9(4-8)13(15,16)17/h2-4,7,11,18H,5-6H2,1H3,(H,19,20). The molecule has 1 aliphatic rings. The van der Waals surface area contributed by atoms with Crippen molar-refractivity contribution < 1.29 is 22.4 Å². The molecule has 1 amide bonds. The van der Waals surface area contributed by atoms with Crippen molar-refractivity contribution in [1.29, 1.82) is 0 Å². The molecule has 1 aromatic rings. The zero-order chi connectivity index (χ0) is 14.9. The summed E-state index contributed by atoms with van der Waals surface area (Å²) < 4.78 is 50.9. The zero-order valence-electron chi connectivity index (χ0n) is 10.7. The van der Waals surface area contributed by atoms with Gasteiger partial charge in [0.15, 0.2) is 0 Å². The minimum absolute atomic E-state index is 0.137. The summed E-state index contributed by atoms with van der Waals surface area (Å²) in [6.07, 6.45) is -4.82. The number of halogens is 4. The highest BCUT2D eigenvalue weighted by atomic mass is 19.4. The first-order valence-corrected chi connectivity index (χ1v) is 6.17. The second-order valence-corrected chi connectivity index (χ2v) is 4.91. The van der Waals surface area contributed by atoms with E-state index in [1.54, 1.807) is 0 Å². The van der Waals surface area contributed by atoms with E-state index in [-0.39, 0.29) is 17.5 Å². The highest BCUT2D eigenvalue weighted by molar-refractivity contribution is 5.94. The predicted octanol–water partition coefficient (Wildman–Crippen LogP) is 2.18. The van der Waals surface area contributed by atoms with Gasteiger partial charge in [-0.15, -0.1) is 0 Å². The summed E-state index contributed by atoms with van der Waals surface area (Å²) in [4.78, 5) is 11.9. The minimum atomic E-state index is -4.82. The van der Waals surface area contributed by atoms with E-state index in [0.717, 1.165) is 12.6 Å². The third kappa shape index (κ3) is 3.09. The highest BCUT2D eigenvalue weighted by Crippen LogP contribution is 2.31. The van der Waals surface area contributed by atoms with E-state index in [4.69, 9.17) is 0 Å². The van der Waals surface area contributed by atoms with Crippen molar-refractivity contribution in [2.24, 2.45) is 5.92 Å². The van der Waals surface area contributed by atoms with Crippen molar-refractivity contribution >= 4 is 5.91 Å². The topological polar surface area (TPSA) is 41.1 Å². The maximum Gasteiger partial charge on any atom is 0.419 e. The average molecular weight is 290 g/mol. The number of amides is 1. The van der Waals surface area contributed by atoms with Gasteiger partial charge in [-0.1, -0.05) is 6.92 Å². The molecule has 2 rings (SSSR count). The fraction of sp³-hybridized carbons (Fsp3) is 0.462. The molecule has 110 valence electrons. The zero-order valence-corrected chi connectivity index (χ0v) is 10.7. The molecule has 1 heterocycles. The molecule has 0 aliphatic carbocycles. The number of carbonyl (C=O) groups is 1. The second kappa shape index (κ2) is 5.40. The van der Waals surface area contributed by atoms with Gasteiger partial charge < -0.3 is 10.6 Å². The molecular weight excluding hydrogens is 276 g/mol. The maximum absolute atomic E-state index is 13.1. The summed E-state index contributed by atoms with van der Waals surface area (Å²) in [7, 11) is 0. The van der Waals surface area contributed by atoms with E-state index >= 15 is 0 Å². The Morgan fingerprint density at radius 2 is 2.05 bits per heavy atom. The van der Waals surface area contributed by atoms with Gasteiger partial charge in [-0.05, 0) is 30.7 Å². The van der Waals surface area contributed by atoms with Crippen LogP contribution in [0.4, 0.5) is 17.6 Å². The van der Waals surface area contributed by atoms with Crippen LogP contribution in [0.25, 0.3) is 0 Å². The van der Waals surface area contributed by atoms with Crippen molar-refractivity contribution in [3.63, 3.8) is 0 Å². The van der Waals surface area contributed by atoms with Gasteiger partial charge in [0.25, 0.3) is 5.91 Å². The lowest BCUT2D eigenvalue weighted by Crippen LogP contribution is -2.39.